The lowest BCUT2D eigenvalue weighted by Crippen LogP contribution is -2.55. The first kappa shape index (κ1) is 16.4. The van der Waals surface area contributed by atoms with Crippen LogP contribution in [0.25, 0.3) is 0 Å². The third kappa shape index (κ3) is 4.46. The van der Waals surface area contributed by atoms with Crippen molar-refractivity contribution in [2.45, 2.75) is 64.5 Å². The summed E-state index contributed by atoms with van der Waals surface area (Å²) >= 11 is 0. The first-order valence-electron chi connectivity index (χ1n) is 7.53. The van der Waals surface area contributed by atoms with E-state index >= 15 is 0 Å². The maximum Gasteiger partial charge on any atom is 0.326 e. The molecule has 4 heteroatoms. The van der Waals surface area contributed by atoms with Crippen LogP contribution in [-0.4, -0.2) is 37.9 Å². The van der Waals surface area contributed by atoms with E-state index in [1.54, 1.807) is 0 Å². The minimum Gasteiger partial charge on any atom is -0.468 e. The second kappa shape index (κ2) is 7.85. The Morgan fingerprint density at radius 1 is 1.53 bits per heavy atom. The van der Waals surface area contributed by atoms with Gasteiger partial charge in [-0.2, -0.15) is 0 Å². The maximum absolute atomic E-state index is 12.2. The van der Waals surface area contributed by atoms with E-state index < -0.39 is 5.54 Å². The molecule has 1 rings (SSSR count). The van der Waals surface area contributed by atoms with Gasteiger partial charge in [0.25, 0.3) is 0 Å². The molecule has 0 amide bonds. The first-order valence-corrected chi connectivity index (χ1v) is 7.53. The quantitative estimate of drug-likeness (QED) is 0.689. The van der Waals surface area contributed by atoms with Crippen molar-refractivity contribution in [3.05, 3.63) is 0 Å². The van der Waals surface area contributed by atoms with Crippen molar-refractivity contribution >= 4 is 5.97 Å². The van der Waals surface area contributed by atoms with Gasteiger partial charge in [-0.05, 0) is 31.6 Å². The zero-order chi connectivity index (χ0) is 14.3. The largest absolute Gasteiger partial charge is 0.468 e. The highest BCUT2D eigenvalue weighted by Crippen LogP contribution is 2.25. The van der Waals surface area contributed by atoms with Gasteiger partial charge in [0.15, 0.2) is 0 Å². The van der Waals surface area contributed by atoms with Gasteiger partial charge in [0.1, 0.15) is 5.54 Å². The van der Waals surface area contributed by atoms with Gasteiger partial charge in [0.05, 0.1) is 13.2 Å². The summed E-state index contributed by atoms with van der Waals surface area (Å²) in [6.45, 7) is 7.96. The molecule has 0 bridgehead atoms. The molecule has 1 N–H and O–H groups in total. The standard InChI is InChI=1S/C15H29NO3/c1-5-12(3)10-15(6-2,14(17)18-4)16-11-13-8-7-9-19-13/h12-13,16H,5-11H2,1-4H3. The number of hydrogen-bond acceptors (Lipinski definition) is 4. The number of methoxy groups -OCH3 is 1. The molecular weight excluding hydrogens is 242 g/mol. The van der Waals surface area contributed by atoms with E-state index in [9.17, 15) is 4.79 Å². The van der Waals surface area contributed by atoms with E-state index in [0.29, 0.717) is 5.92 Å². The molecule has 19 heavy (non-hydrogen) atoms. The Hall–Kier alpha value is -0.610. The number of rotatable bonds is 8. The highest BCUT2D eigenvalue weighted by molar-refractivity contribution is 5.80. The van der Waals surface area contributed by atoms with Crippen LogP contribution in [0.15, 0.2) is 0 Å². The Kier molecular flexibility index (Phi) is 6.80. The third-order valence-corrected chi connectivity index (χ3v) is 4.27. The average molecular weight is 271 g/mol. The van der Waals surface area contributed by atoms with Gasteiger partial charge in [-0.25, -0.2) is 0 Å². The highest BCUT2D eigenvalue weighted by Gasteiger charge is 2.39. The Morgan fingerprint density at radius 3 is 2.74 bits per heavy atom. The summed E-state index contributed by atoms with van der Waals surface area (Å²) in [5.41, 5.74) is -0.559. The van der Waals surface area contributed by atoms with Crippen LogP contribution in [0.4, 0.5) is 0 Å². The van der Waals surface area contributed by atoms with Crippen molar-refractivity contribution in [1.29, 1.82) is 0 Å². The van der Waals surface area contributed by atoms with Crippen LogP contribution in [-0.2, 0) is 14.3 Å². The van der Waals surface area contributed by atoms with Crippen molar-refractivity contribution in [3.8, 4) is 0 Å². The summed E-state index contributed by atoms with van der Waals surface area (Å²) in [4.78, 5) is 12.2. The SMILES string of the molecule is CCC(C)CC(CC)(NCC1CCCO1)C(=O)OC. The Morgan fingerprint density at radius 2 is 2.26 bits per heavy atom. The summed E-state index contributed by atoms with van der Waals surface area (Å²) in [6, 6.07) is 0. The van der Waals surface area contributed by atoms with E-state index in [0.717, 1.165) is 45.3 Å². The van der Waals surface area contributed by atoms with E-state index in [4.69, 9.17) is 9.47 Å². The van der Waals surface area contributed by atoms with Crippen LogP contribution >= 0.6 is 0 Å². The molecule has 1 aliphatic heterocycles. The number of esters is 1. The minimum atomic E-state index is -0.559. The zero-order valence-electron chi connectivity index (χ0n) is 12.8. The fourth-order valence-corrected chi connectivity index (χ4v) is 2.69. The van der Waals surface area contributed by atoms with E-state index in [1.165, 1.54) is 7.11 Å². The molecule has 0 saturated carbocycles. The van der Waals surface area contributed by atoms with Crippen molar-refractivity contribution < 1.29 is 14.3 Å². The Balaban J connectivity index is 2.67. The molecule has 1 fully saturated rings. The van der Waals surface area contributed by atoms with Crippen LogP contribution in [0, 0.1) is 5.92 Å². The molecule has 3 atom stereocenters. The topological polar surface area (TPSA) is 47.6 Å². The van der Waals surface area contributed by atoms with Crippen LogP contribution < -0.4 is 5.32 Å². The third-order valence-electron chi connectivity index (χ3n) is 4.27. The Bertz CT molecular complexity index is 277. The summed E-state index contributed by atoms with van der Waals surface area (Å²) < 4.78 is 10.6. The summed E-state index contributed by atoms with van der Waals surface area (Å²) in [6.07, 6.45) is 5.08. The van der Waals surface area contributed by atoms with Crippen molar-refractivity contribution in [3.63, 3.8) is 0 Å². The van der Waals surface area contributed by atoms with E-state index in [-0.39, 0.29) is 12.1 Å². The number of carbonyl (C=O) groups excluding carboxylic acids is 1. The number of nitrogens with one attached hydrogen (secondary N) is 1. The number of carbonyl (C=O) groups is 1. The van der Waals surface area contributed by atoms with Crippen LogP contribution in [0.1, 0.15) is 52.9 Å². The molecule has 0 aromatic heterocycles. The molecule has 0 spiro atoms. The molecule has 1 heterocycles. The van der Waals surface area contributed by atoms with Crippen molar-refractivity contribution in [1.82, 2.24) is 5.32 Å². The lowest BCUT2D eigenvalue weighted by Gasteiger charge is -2.34. The predicted molar refractivity (Wildman–Crippen MR) is 76.1 cm³/mol. The number of ether oxygens (including phenoxy) is 2. The molecular formula is C15H29NO3. The molecule has 0 aromatic rings. The van der Waals surface area contributed by atoms with Crippen LogP contribution in [0.3, 0.4) is 0 Å². The summed E-state index contributed by atoms with van der Waals surface area (Å²) in [5, 5.41) is 3.44. The molecule has 4 nitrogen and oxygen atoms in total. The fourth-order valence-electron chi connectivity index (χ4n) is 2.69. The lowest BCUT2D eigenvalue weighted by molar-refractivity contribution is -0.150. The zero-order valence-corrected chi connectivity index (χ0v) is 12.8. The Labute approximate surface area is 117 Å². The smallest absolute Gasteiger partial charge is 0.326 e. The molecule has 112 valence electrons. The second-order valence-corrected chi connectivity index (χ2v) is 5.66. The van der Waals surface area contributed by atoms with Gasteiger partial charge in [0.2, 0.25) is 0 Å². The molecule has 3 unspecified atom stereocenters. The molecule has 0 aliphatic carbocycles. The van der Waals surface area contributed by atoms with Crippen molar-refractivity contribution in [2.24, 2.45) is 5.92 Å². The molecule has 1 aliphatic rings. The van der Waals surface area contributed by atoms with Gasteiger partial charge in [0, 0.05) is 13.2 Å². The normalized spacial score (nSPS) is 23.9. The van der Waals surface area contributed by atoms with E-state index in [1.807, 2.05) is 6.92 Å². The molecule has 0 radical (unpaired) electrons. The fraction of sp³-hybridized carbons (Fsp3) is 0.933. The summed E-state index contributed by atoms with van der Waals surface area (Å²) in [5.74, 6) is 0.351. The van der Waals surface area contributed by atoms with Gasteiger partial charge in [-0.15, -0.1) is 0 Å². The maximum atomic E-state index is 12.2. The minimum absolute atomic E-state index is 0.145. The first-order chi connectivity index (χ1) is 9.07. The predicted octanol–water partition coefficient (Wildman–Crippen LogP) is 2.51. The van der Waals surface area contributed by atoms with E-state index in [2.05, 4.69) is 19.2 Å². The van der Waals surface area contributed by atoms with Crippen molar-refractivity contribution in [2.75, 3.05) is 20.3 Å². The summed E-state index contributed by atoms with van der Waals surface area (Å²) in [7, 11) is 1.47. The van der Waals surface area contributed by atoms with Crippen LogP contribution in [0.5, 0.6) is 0 Å². The number of hydrogen-bond donors (Lipinski definition) is 1. The van der Waals surface area contributed by atoms with Gasteiger partial charge >= 0.3 is 5.97 Å². The van der Waals surface area contributed by atoms with Gasteiger partial charge in [-0.3, -0.25) is 10.1 Å². The van der Waals surface area contributed by atoms with Crippen LogP contribution in [0.2, 0.25) is 0 Å². The second-order valence-electron chi connectivity index (χ2n) is 5.66. The van der Waals surface area contributed by atoms with Gasteiger partial charge in [-0.1, -0.05) is 27.2 Å². The lowest BCUT2D eigenvalue weighted by atomic mass is 9.84. The average Bonchev–Trinajstić information content (AvgIpc) is 2.95. The molecule has 0 aromatic carbocycles. The van der Waals surface area contributed by atoms with Gasteiger partial charge < -0.3 is 9.47 Å². The highest BCUT2D eigenvalue weighted by atomic mass is 16.5. The molecule has 1 saturated heterocycles. The monoisotopic (exact) mass is 271 g/mol.